The Morgan fingerprint density at radius 2 is 1.90 bits per heavy atom. The van der Waals surface area contributed by atoms with Gasteiger partial charge in [0.2, 0.25) is 5.91 Å². The fourth-order valence-electron chi connectivity index (χ4n) is 3.95. The number of hydrogen-bond donors (Lipinski definition) is 0. The van der Waals surface area contributed by atoms with Gasteiger partial charge in [-0.2, -0.15) is 0 Å². The monoisotopic (exact) mass is 404 g/mol. The summed E-state index contributed by atoms with van der Waals surface area (Å²) in [4.78, 5) is 15.0. The Bertz CT molecular complexity index is 1100. The first kappa shape index (κ1) is 20.0. The molecule has 154 valence electrons. The molecule has 1 amide bonds. The molecule has 0 N–H and O–H groups in total. The lowest BCUT2D eigenvalue weighted by molar-refractivity contribution is -0.130. The quantitative estimate of drug-likeness (QED) is 0.588. The second-order valence-electron chi connectivity index (χ2n) is 7.85. The zero-order chi connectivity index (χ0) is 21.3. The summed E-state index contributed by atoms with van der Waals surface area (Å²) in [7, 11) is 0. The van der Waals surface area contributed by atoms with E-state index >= 15 is 0 Å². The first-order valence-electron chi connectivity index (χ1n) is 10.2. The van der Waals surface area contributed by atoms with Gasteiger partial charge >= 0.3 is 0 Å². The highest BCUT2D eigenvalue weighted by molar-refractivity contribution is 5.98. The van der Waals surface area contributed by atoms with Gasteiger partial charge in [-0.1, -0.05) is 23.4 Å². The van der Waals surface area contributed by atoms with Crippen LogP contribution in [-0.4, -0.2) is 32.3 Å². The van der Waals surface area contributed by atoms with E-state index in [1.165, 1.54) is 12.1 Å². The van der Waals surface area contributed by atoms with E-state index in [1.54, 1.807) is 16.8 Å². The van der Waals surface area contributed by atoms with E-state index in [2.05, 4.69) is 16.4 Å². The number of carbonyl (C=O) groups excluding carboxylic acids is 1. The summed E-state index contributed by atoms with van der Waals surface area (Å²) in [5.41, 5.74) is 5.64. The average molecular weight is 404 g/mol. The molecule has 5 nitrogen and oxygen atoms in total. The fourth-order valence-corrected chi connectivity index (χ4v) is 3.95. The van der Waals surface area contributed by atoms with Crippen molar-refractivity contribution in [3.05, 3.63) is 82.4 Å². The van der Waals surface area contributed by atoms with Gasteiger partial charge in [-0.05, 0) is 80.6 Å². The third-order valence-corrected chi connectivity index (χ3v) is 5.62. The van der Waals surface area contributed by atoms with E-state index in [0.717, 1.165) is 46.5 Å². The Morgan fingerprint density at radius 1 is 1.13 bits per heavy atom. The molecule has 0 unspecified atom stereocenters. The number of nitrogens with zero attached hydrogens (tertiary/aromatic N) is 4. The van der Waals surface area contributed by atoms with Crippen molar-refractivity contribution in [1.82, 2.24) is 19.9 Å². The van der Waals surface area contributed by atoms with Gasteiger partial charge in [-0.15, -0.1) is 5.10 Å². The molecule has 3 aromatic rings. The van der Waals surface area contributed by atoms with Crippen LogP contribution in [0.5, 0.6) is 0 Å². The smallest absolute Gasteiger partial charge is 0.250 e. The highest BCUT2D eigenvalue weighted by atomic mass is 19.1. The Balaban J connectivity index is 1.56. The summed E-state index contributed by atoms with van der Waals surface area (Å²) >= 11 is 0. The summed E-state index contributed by atoms with van der Waals surface area (Å²) in [6, 6.07) is 12.4. The Kier molecular flexibility index (Phi) is 5.48. The molecule has 6 heteroatoms. The zero-order valence-electron chi connectivity index (χ0n) is 17.5. The molecule has 2 heterocycles. The number of piperidine rings is 1. The predicted octanol–water partition coefficient (Wildman–Crippen LogP) is 4.79. The number of benzene rings is 2. The third-order valence-electron chi connectivity index (χ3n) is 5.62. The Morgan fingerprint density at radius 3 is 2.57 bits per heavy atom. The van der Waals surface area contributed by atoms with E-state index in [1.807, 2.05) is 50.1 Å². The first-order chi connectivity index (χ1) is 14.4. The topological polar surface area (TPSA) is 51.0 Å². The van der Waals surface area contributed by atoms with Crippen molar-refractivity contribution < 1.29 is 9.18 Å². The maximum absolute atomic E-state index is 13.2. The molecule has 0 saturated carbocycles. The lowest BCUT2D eigenvalue weighted by Crippen LogP contribution is -2.38. The van der Waals surface area contributed by atoms with Crippen LogP contribution in [0.1, 0.15) is 48.2 Å². The number of halogens is 1. The van der Waals surface area contributed by atoms with E-state index in [0.29, 0.717) is 6.54 Å². The number of likely N-dealkylation sites (tertiary alicyclic amines) is 1. The molecule has 1 saturated heterocycles. The summed E-state index contributed by atoms with van der Waals surface area (Å²) in [5.74, 6) is -0.219. The summed E-state index contributed by atoms with van der Waals surface area (Å²) in [5, 5.41) is 8.18. The number of aromatic nitrogens is 3. The third kappa shape index (κ3) is 4.03. The van der Waals surface area contributed by atoms with Crippen molar-refractivity contribution >= 4 is 12.0 Å². The van der Waals surface area contributed by atoms with Gasteiger partial charge in [0.05, 0.1) is 23.6 Å². The van der Waals surface area contributed by atoms with Crippen molar-refractivity contribution in [2.24, 2.45) is 0 Å². The molecule has 0 radical (unpaired) electrons. The minimum atomic E-state index is -0.267. The van der Waals surface area contributed by atoms with Crippen LogP contribution in [0.4, 0.5) is 4.39 Å². The number of hydrogen-bond acceptors (Lipinski definition) is 3. The van der Waals surface area contributed by atoms with Crippen LogP contribution in [0.3, 0.4) is 0 Å². The summed E-state index contributed by atoms with van der Waals surface area (Å²) in [6.07, 6.45) is 5.54. The maximum atomic E-state index is 13.2. The van der Waals surface area contributed by atoms with E-state index < -0.39 is 0 Å². The molecule has 30 heavy (non-hydrogen) atoms. The standard InChI is InChI=1S/C24H25FN4O/c1-16-13-19(6-11-23(16)29-15-17(2)26-27-29)14-21-5-4-12-28(24(21)30)18(3)20-7-9-22(25)10-8-20/h6-11,13-15,18H,4-5,12H2,1-3H3/b21-14+/t18-/m0/s1. The summed E-state index contributed by atoms with van der Waals surface area (Å²) in [6.45, 7) is 6.64. The van der Waals surface area contributed by atoms with E-state index in [9.17, 15) is 9.18 Å². The lowest BCUT2D eigenvalue weighted by Gasteiger charge is -2.34. The van der Waals surface area contributed by atoms with Crippen molar-refractivity contribution in [3.8, 4) is 5.69 Å². The van der Waals surface area contributed by atoms with Gasteiger partial charge in [0, 0.05) is 12.1 Å². The van der Waals surface area contributed by atoms with Gasteiger partial charge < -0.3 is 4.90 Å². The summed E-state index contributed by atoms with van der Waals surface area (Å²) < 4.78 is 15.0. The molecule has 0 bridgehead atoms. The number of aryl methyl sites for hydroxylation is 2. The van der Waals surface area contributed by atoms with Gasteiger partial charge in [0.25, 0.3) is 0 Å². The second kappa shape index (κ2) is 8.22. The van der Waals surface area contributed by atoms with Crippen molar-refractivity contribution in [2.45, 2.75) is 39.7 Å². The van der Waals surface area contributed by atoms with Gasteiger partial charge in [-0.3, -0.25) is 4.79 Å². The molecule has 2 aromatic carbocycles. The molecule has 1 atom stereocenters. The second-order valence-corrected chi connectivity index (χ2v) is 7.85. The molecular formula is C24H25FN4O. The highest BCUT2D eigenvalue weighted by Crippen LogP contribution is 2.29. The number of amides is 1. The maximum Gasteiger partial charge on any atom is 0.250 e. The highest BCUT2D eigenvalue weighted by Gasteiger charge is 2.27. The Labute approximate surface area is 175 Å². The SMILES string of the molecule is Cc1cn(-c2ccc(/C=C3\CCCN([C@@H](C)c4ccc(F)cc4)C3=O)cc2C)nn1. The van der Waals surface area contributed by atoms with E-state index in [-0.39, 0.29) is 17.8 Å². The van der Waals surface area contributed by atoms with Crippen LogP contribution in [0.25, 0.3) is 11.8 Å². The van der Waals surface area contributed by atoms with Crippen molar-refractivity contribution in [2.75, 3.05) is 6.54 Å². The molecule has 1 fully saturated rings. The Hall–Kier alpha value is -3.28. The number of rotatable bonds is 4. The fraction of sp³-hybridized carbons (Fsp3) is 0.292. The molecule has 1 aromatic heterocycles. The normalized spacial score (nSPS) is 16.9. The molecule has 0 spiro atoms. The van der Waals surface area contributed by atoms with E-state index in [4.69, 9.17) is 0 Å². The number of carbonyl (C=O) groups is 1. The average Bonchev–Trinajstić information content (AvgIpc) is 3.16. The molecule has 1 aliphatic rings. The molecule has 0 aliphatic carbocycles. The minimum absolute atomic E-state index is 0.0479. The van der Waals surface area contributed by atoms with Crippen molar-refractivity contribution in [3.63, 3.8) is 0 Å². The molecule has 1 aliphatic heterocycles. The zero-order valence-corrected chi connectivity index (χ0v) is 17.5. The first-order valence-corrected chi connectivity index (χ1v) is 10.2. The van der Waals surface area contributed by atoms with Gasteiger partial charge in [-0.25, -0.2) is 9.07 Å². The molecular weight excluding hydrogens is 379 g/mol. The van der Waals surface area contributed by atoms with Crippen LogP contribution >= 0.6 is 0 Å². The van der Waals surface area contributed by atoms with Crippen LogP contribution in [-0.2, 0) is 4.79 Å². The minimum Gasteiger partial charge on any atom is -0.332 e. The van der Waals surface area contributed by atoms with Crippen LogP contribution in [0.2, 0.25) is 0 Å². The largest absolute Gasteiger partial charge is 0.332 e. The van der Waals surface area contributed by atoms with Crippen LogP contribution in [0, 0.1) is 19.7 Å². The van der Waals surface area contributed by atoms with Crippen LogP contribution in [0.15, 0.2) is 54.2 Å². The van der Waals surface area contributed by atoms with Gasteiger partial charge in [0.1, 0.15) is 5.82 Å². The van der Waals surface area contributed by atoms with Crippen molar-refractivity contribution in [1.29, 1.82) is 0 Å². The van der Waals surface area contributed by atoms with Crippen LogP contribution < -0.4 is 0 Å². The lowest BCUT2D eigenvalue weighted by atomic mass is 9.97. The molecule has 4 rings (SSSR count). The predicted molar refractivity (Wildman–Crippen MR) is 115 cm³/mol. The van der Waals surface area contributed by atoms with Gasteiger partial charge in [0.15, 0.2) is 0 Å².